The second-order valence-electron chi connectivity index (χ2n) is 4.88. The van der Waals surface area contributed by atoms with Gasteiger partial charge in [0.2, 0.25) is 10.0 Å². The molecule has 0 unspecified atom stereocenters. The van der Waals surface area contributed by atoms with E-state index in [4.69, 9.17) is 0 Å². The van der Waals surface area contributed by atoms with Gasteiger partial charge in [-0.1, -0.05) is 37.3 Å². The van der Waals surface area contributed by atoms with E-state index in [2.05, 4.69) is 27.6 Å². The van der Waals surface area contributed by atoms with Gasteiger partial charge in [0.15, 0.2) is 0 Å². The first kappa shape index (κ1) is 16.2. The van der Waals surface area contributed by atoms with Crippen LogP contribution in [0.2, 0.25) is 0 Å². The van der Waals surface area contributed by atoms with Gasteiger partial charge in [-0.25, -0.2) is 13.1 Å². The quantitative estimate of drug-likeness (QED) is 0.873. The van der Waals surface area contributed by atoms with Crippen molar-refractivity contribution in [1.29, 1.82) is 0 Å². The number of benzene rings is 2. The fourth-order valence-corrected chi connectivity index (χ4v) is 4.35. The number of halogens is 1. The first-order valence-electron chi connectivity index (χ1n) is 6.76. The molecule has 0 atom stereocenters. The van der Waals surface area contributed by atoms with E-state index >= 15 is 0 Å². The topological polar surface area (TPSA) is 46.2 Å². The van der Waals surface area contributed by atoms with Gasteiger partial charge in [-0.05, 0) is 58.1 Å². The maximum atomic E-state index is 12.4. The van der Waals surface area contributed by atoms with Gasteiger partial charge in [0.05, 0.1) is 4.90 Å². The molecule has 1 N–H and O–H groups in total. The lowest BCUT2D eigenvalue weighted by Crippen LogP contribution is -2.24. The maximum Gasteiger partial charge on any atom is 0.241 e. The lowest BCUT2D eigenvalue weighted by atomic mass is 10.1. The van der Waals surface area contributed by atoms with Crippen LogP contribution in [0.25, 0.3) is 0 Å². The SMILES string of the molecule is CCc1ccccc1CNS(=O)(=O)c1ccc(C)cc1Br. The molecule has 3 nitrogen and oxygen atoms in total. The zero-order valence-electron chi connectivity index (χ0n) is 12.1. The third-order valence-electron chi connectivity index (χ3n) is 3.33. The summed E-state index contributed by atoms with van der Waals surface area (Å²) in [5.41, 5.74) is 3.17. The van der Waals surface area contributed by atoms with Crippen molar-refractivity contribution >= 4 is 26.0 Å². The molecule has 0 aromatic heterocycles. The van der Waals surface area contributed by atoms with Crippen LogP contribution in [0.4, 0.5) is 0 Å². The molecule has 2 aromatic rings. The first-order valence-corrected chi connectivity index (χ1v) is 9.04. The minimum absolute atomic E-state index is 0.266. The second-order valence-corrected chi connectivity index (χ2v) is 7.47. The van der Waals surface area contributed by atoms with Gasteiger partial charge in [-0.15, -0.1) is 0 Å². The van der Waals surface area contributed by atoms with Gasteiger partial charge in [0, 0.05) is 11.0 Å². The van der Waals surface area contributed by atoms with E-state index in [-0.39, 0.29) is 4.90 Å². The Labute approximate surface area is 134 Å². The summed E-state index contributed by atoms with van der Waals surface area (Å²) in [5, 5.41) is 0. The van der Waals surface area contributed by atoms with E-state index in [9.17, 15) is 8.42 Å². The van der Waals surface area contributed by atoms with Crippen molar-refractivity contribution in [1.82, 2.24) is 4.72 Å². The highest BCUT2D eigenvalue weighted by atomic mass is 79.9. The molecule has 0 aliphatic rings. The molecule has 0 bridgehead atoms. The van der Waals surface area contributed by atoms with Crippen molar-refractivity contribution in [3.63, 3.8) is 0 Å². The van der Waals surface area contributed by atoms with Crippen molar-refractivity contribution in [2.75, 3.05) is 0 Å². The van der Waals surface area contributed by atoms with Gasteiger partial charge in [-0.3, -0.25) is 0 Å². The number of hydrogen-bond acceptors (Lipinski definition) is 2. The molecule has 21 heavy (non-hydrogen) atoms. The molecular formula is C16H18BrNO2S. The van der Waals surface area contributed by atoms with Crippen LogP contribution in [0.1, 0.15) is 23.6 Å². The molecule has 0 heterocycles. The van der Waals surface area contributed by atoms with E-state index in [0.717, 1.165) is 23.1 Å². The standard InChI is InChI=1S/C16H18BrNO2S/c1-3-13-6-4-5-7-14(13)11-18-21(19,20)16-9-8-12(2)10-15(16)17/h4-10,18H,3,11H2,1-2H3. The molecule has 112 valence electrons. The van der Waals surface area contributed by atoms with Gasteiger partial charge in [0.1, 0.15) is 0 Å². The van der Waals surface area contributed by atoms with E-state index < -0.39 is 10.0 Å². The molecule has 0 saturated carbocycles. The summed E-state index contributed by atoms with van der Waals surface area (Å²) in [6.07, 6.45) is 0.881. The molecule has 0 fully saturated rings. The number of aryl methyl sites for hydroxylation is 2. The Balaban J connectivity index is 2.22. The summed E-state index contributed by atoms with van der Waals surface area (Å²) in [5.74, 6) is 0. The predicted molar refractivity (Wildman–Crippen MR) is 88.7 cm³/mol. The number of nitrogens with one attached hydrogen (secondary N) is 1. The first-order chi connectivity index (χ1) is 9.94. The predicted octanol–water partition coefficient (Wildman–Crippen LogP) is 3.80. The Morgan fingerprint density at radius 1 is 1.10 bits per heavy atom. The fraction of sp³-hybridized carbons (Fsp3) is 0.250. The average Bonchev–Trinajstić information content (AvgIpc) is 2.45. The lowest BCUT2D eigenvalue weighted by molar-refractivity contribution is 0.580. The molecule has 0 aliphatic carbocycles. The van der Waals surface area contributed by atoms with Gasteiger partial charge >= 0.3 is 0 Å². The molecule has 0 amide bonds. The molecule has 0 spiro atoms. The Bertz CT molecular complexity index is 742. The minimum atomic E-state index is -3.53. The minimum Gasteiger partial charge on any atom is -0.207 e. The highest BCUT2D eigenvalue weighted by Gasteiger charge is 2.17. The van der Waals surface area contributed by atoms with Crippen LogP contribution in [-0.4, -0.2) is 8.42 Å². The molecule has 2 aromatic carbocycles. The third kappa shape index (κ3) is 3.93. The Kier molecular flexibility index (Phi) is 5.19. The highest BCUT2D eigenvalue weighted by Crippen LogP contribution is 2.23. The Hall–Kier alpha value is -1.17. The third-order valence-corrected chi connectivity index (χ3v) is 5.71. The zero-order valence-corrected chi connectivity index (χ0v) is 14.5. The Morgan fingerprint density at radius 2 is 1.76 bits per heavy atom. The van der Waals surface area contributed by atoms with Crippen molar-refractivity contribution in [3.05, 3.63) is 63.6 Å². The Morgan fingerprint density at radius 3 is 2.38 bits per heavy atom. The molecule has 0 saturated heterocycles. The normalized spacial score (nSPS) is 11.6. The van der Waals surface area contributed by atoms with Gasteiger partial charge in [0.25, 0.3) is 0 Å². The van der Waals surface area contributed by atoms with Crippen LogP contribution in [0.15, 0.2) is 51.8 Å². The monoisotopic (exact) mass is 367 g/mol. The summed E-state index contributed by atoms with van der Waals surface area (Å²) in [6.45, 7) is 4.28. The zero-order chi connectivity index (χ0) is 15.5. The summed E-state index contributed by atoms with van der Waals surface area (Å²) in [4.78, 5) is 0.266. The molecule has 2 rings (SSSR count). The van der Waals surface area contributed by atoms with Gasteiger partial charge in [-0.2, -0.15) is 0 Å². The van der Waals surface area contributed by atoms with E-state index in [1.807, 2.05) is 31.2 Å². The molecule has 0 aliphatic heterocycles. The van der Waals surface area contributed by atoms with Crippen molar-refractivity contribution in [3.8, 4) is 0 Å². The smallest absolute Gasteiger partial charge is 0.207 e. The maximum absolute atomic E-state index is 12.4. The van der Waals surface area contributed by atoms with E-state index in [0.29, 0.717) is 11.0 Å². The van der Waals surface area contributed by atoms with Crippen LogP contribution in [-0.2, 0) is 23.0 Å². The molecule has 0 radical (unpaired) electrons. The van der Waals surface area contributed by atoms with Crippen LogP contribution >= 0.6 is 15.9 Å². The van der Waals surface area contributed by atoms with Crippen molar-refractivity contribution < 1.29 is 8.42 Å². The number of hydrogen-bond donors (Lipinski definition) is 1. The van der Waals surface area contributed by atoms with Crippen molar-refractivity contribution in [2.24, 2.45) is 0 Å². The number of rotatable bonds is 5. The summed E-state index contributed by atoms with van der Waals surface area (Å²) in [6, 6.07) is 13.1. The largest absolute Gasteiger partial charge is 0.241 e. The van der Waals surface area contributed by atoms with E-state index in [1.54, 1.807) is 18.2 Å². The fourth-order valence-electron chi connectivity index (χ4n) is 2.15. The summed E-state index contributed by atoms with van der Waals surface area (Å²) >= 11 is 3.32. The van der Waals surface area contributed by atoms with Crippen LogP contribution in [0.5, 0.6) is 0 Å². The second kappa shape index (κ2) is 6.73. The average molecular weight is 368 g/mol. The molecular weight excluding hydrogens is 350 g/mol. The van der Waals surface area contributed by atoms with Crippen molar-refractivity contribution in [2.45, 2.75) is 31.7 Å². The van der Waals surface area contributed by atoms with E-state index in [1.165, 1.54) is 0 Å². The molecule has 5 heteroatoms. The summed E-state index contributed by atoms with van der Waals surface area (Å²) in [7, 11) is -3.53. The summed E-state index contributed by atoms with van der Waals surface area (Å²) < 4.78 is 28.0. The van der Waals surface area contributed by atoms with Crippen LogP contribution in [0, 0.1) is 6.92 Å². The van der Waals surface area contributed by atoms with Crippen LogP contribution < -0.4 is 4.72 Å². The lowest BCUT2D eigenvalue weighted by Gasteiger charge is -2.11. The van der Waals surface area contributed by atoms with Crippen LogP contribution in [0.3, 0.4) is 0 Å². The highest BCUT2D eigenvalue weighted by molar-refractivity contribution is 9.10. The van der Waals surface area contributed by atoms with Gasteiger partial charge < -0.3 is 0 Å². The number of sulfonamides is 1.